The molecule has 2 rings (SSSR count). The van der Waals surface area contributed by atoms with Crippen molar-refractivity contribution in [2.45, 2.75) is 0 Å². The van der Waals surface area contributed by atoms with E-state index in [-0.39, 0.29) is 0 Å². The van der Waals surface area contributed by atoms with Gasteiger partial charge in [0.1, 0.15) is 0 Å². The fourth-order valence-corrected chi connectivity index (χ4v) is 1.73. The number of halogens is 1. The van der Waals surface area contributed by atoms with Gasteiger partial charge in [0.2, 0.25) is 0 Å². The van der Waals surface area contributed by atoms with E-state index in [1.165, 1.54) is 18.3 Å². The molecule has 0 bridgehead atoms. The highest BCUT2D eigenvalue weighted by atomic mass is 35.5. The number of carbonyl (C=O) groups excluding carboxylic acids is 1. The number of nitrogens with zero attached hydrogens (tertiary/aromatic N) is 2. The molecule has 2 aromatic rings. The molecule has 0 unspecified atom stereocenters. The molecule has 7 nitrogen and oxygen atoms in total. The van der Waals surface area contributed by atoms with Gasteiger partial charge in [-0.3, -0.25) is 14.9 Å². The van der Waals surface area contributed by atoms with Gasteiger partial charge in [-0.15, -0.1) is 0 Å². The lowest BCUT2D eigenvalue weighted by Crippen LogP contribution is -2.17. The summed E-state index contributed by atoms with van der Waals surface area (Å²) in [6.07, 6.45) is 1.26. The first-order valence-electron chi connectivity index (χ1n) is 6.04. The maximum atomic E-state index is 11.7. The molecular formula is C14H10ClN3O4. The second-order valence-corrected chi connectivity index (χ2v) is 4.65. The Labute approximate surface area is 130 Å². The van der Waals surface area contributed by atoms with Crippen molar-refractivity contribution < 1.29 is 14.8 Å². The van der Waals surface area contributed by atoms with Crippen LogP contribution >= 0.6 is 11.6 Å². The van der Waals surface area contributed by atoms with Gasteiger partial charge >= 0.3 is 5.69 Å². The molecule has 8 heteroatoms. The number of nitro benzene ring substituents is 1. The summed E-state index contributed by atoms with van der Waals surface area (Å²) in [6, 6.07) is 9.97. The maximum Gasteiger partial charge on any atom is 0.310 e. The molecule has 2 N–H and O–H groups in total. The van der Waals surface area contributed by atoms with Gasteiger partial charge < -0.3 is 5.11 Å². The Morgan fingerprint density at radius 1 is 1.27 bits per heavy atom. The molecule has 1 amide bonds. The summed E-state index contributed by atoms with van der Waals surface area (Å²) in [7, 11) is 0. The first-order valence-corrected chi connectivity index (χ1v) is 6.41. The van der Waals surface area contributed by atoms with E-state index in [9.17, 15) is 20.0 Å². The lowest BCUT2D eigenvalue weighted by molar-refractivity contribution is -0.385. The van der Waals surface area contributed by atoms with Crippen LogP contribution in [0.15, 0.2) is 47.6 Å². The minimum Gasteiger partial charge on any atom is -0.502 e. The van der Waals surface area contributed by atoms with E-state index in [2.05, 4.69) is 10.5 Å². The summed E-state index contributed by atoms with van der Waals surface area (Å²) >= 11 is 5.72. The van der Waals surface area contributed by atoms with Crippen molar-refractivity contribution in [2.75, 3.05) is 0 Å². The van der Waals surface area contributed by atoms with Gasteiger partial charge in [0.05, 0.1) is 11.1 Å². The van der Waals surface area contributed by atoms with E-state index in [1.54, 1.807) is 24.3 Å². The van der Waals surface area contributed by atoms with Crippen LogP contribution in [0, 0.1) is 10.1 Å². The second kappa shape index (κ2) is 6.68. The average molecular weight is 320 g/mol. The van der Waals surface area contributed by atoms with E-state index in [1.807, 2.05) is 0 Å². The summed E-state index contributed by atoms with van der Waals surface area (Å²) < 4.78 is 0. The number of hydrogen-bond acceptors (Lipinski definition) is 5. The Morgan fingerprint density at radius 2 is 1.95 bits per heavy atom. The molecular weight excluding hydrogens is 310 g/mol. The van der Waals surface area contributed by atoms with E-state index in [0.29, 0.717) is 16.1 Å². The van der Waals surface area contributed by atoms with Gasteiger partial charge in [0.25, 0.3) is 5.91 Å². The van der Waals surface area contributed by atoms with Crippen LogP contribution in [0.1, 0.15) is 15.9 Å². The highest BCUT2D eigenvalue weighted by Crippen LogP contribution is 2.25. The summed E-state index contributed by atoms with van der Waals surface area (Å²) in [5.74, 6) is -0.906. The largest absolute Gasteiger partial charge is 0.502 e. The van der Waals surface area contributed by atoms with Gasteiger partial charge in [-0.25, -0.2) is 5.43 Å². The van der Waals surface area contributed by atoms with Crippen LogP contribution in [0.2, 0.25) is 5.02 Å². The summed E-state index contributed by atoms with van der Waals surface area (Å²) in [5, 5.41) is 24.3. The minimum atomic E-state index is -0.696. The predicted molar refractivity (Wildman–Crippen MR) is 81.3 cm³/mol. The van der Waals surface area contributed by atoms with Gasteiger partial charge in [0.15, 0.2) is 5.75 Å². The van der Waals surface area contributed by atoms with Gasteiger partial charge in [-0.2, -0.15) is 5.10 Å². The highest BCUT2D eigenvalue weighted by Gasteiger charge is 2.12. The lowest BCUT2D eigenvalue weighted by Gasteiger charge is -2.00. The van der Waals surface area contributed by atoms with Crippen molar-refractivity contribution in [2.24, 2.45) is 5.10 Å². The number of amides is 1. The summed E-state index contributed by atoms with van der Waals surface area (Å²) in [6.45, 7) is 0. The lowest BCUT2D eigenvalue weighted by atomic mass is 10.2. The fourth-order valence-electron chi connectivity index (χ4n) is 1.61. The number of benzene rings is 2. The molecule has 0 aliphatic rings. The third kappa shape index (κ3) is 3.80. The first kappa shape index (κ1) is 15.5. The molecule has 0 radical (unpaired) electrons. The van der Waals surface area contributed by atoms with E-state index >= 15 is 0 Å². The van der Waals surface area contributed by atoms with Crippen LogP contribution in [0.5, 0.6) is 5.75 Å². The first-order chi connectivity index (χ1) is 10.5. The summed E-state index contributed by atoms with van der Waals surface area (Å²) in [5.41, 5.74) is 2.68. The maximum absolute atomic E-state index is 11.7. The normalized spacial score (nSPS) is 10.6. The molecule has 0 aliphatic heterocycles. The van der Waals surface area contributed by atoms with E-state index < -0.39 is 22.3 Å². The number of rotatable bonds is 4. The molecule has 112 valence electrons. The number of carbonyl (C=O) groups is 1. The van der Waals surface area contributed by atoms with Crippen LogP contribution in [-0.2, 0) is 0 Å². The molecule has 0 saturated carbocycles. The quantitative estimate of drug-likeness (QED) is 0.513. The van der Waals surface area contributed by atoms with Crippen molar-refractivity contribution >= 4 is 29.4 Å². The van der Waals surface area contributed by atoms with Gasteiger partial charge in [0, 0.05) is 16.7 Å². The van der Waals surface area contributed by atoms with Crippen molar-refractivity contribution in [3.63, 3.8) is 0 Å². The van der Waals surface area contributed by atoms with Crippen molar-refractivity contribution in [1.29, 1.82) is 0 Å². The van der Waals surface area contributed by atoms with Crippen LogP contribution in [0.3, 0.4) is 0 Å². The van der Waals surface area contributed by atoms with Crippen molar-refractivity contribution in [3.8, 4) is 5.75 Å². The van der Waals surface area contributed by atoms with Gasteiger partial charge in [-0.1, -0.05) is 11.6 Å². The van der Waals surface area contributed by atoms with Crippen molar-refractivity contribution in [3.05, 3.63) is 68.7 Å². The smallest absolute Gasteiger partial charge is 0.310 e. The zero-order valence-electron chi connectivity index (χ0n) is 11.1. The monoisotopic (exact) mass is 319 g/mol. The Balaban J connectivity index is 2.03. The average Bonchev–Trinajstić information content (AvgIpc) is 2.47. The number of nitro groups is 1. The van der Waals surface area contributed by atoms with Crippen molar-refractivity contribution in [1.82, 2.24) is 5.43 Å². The highest BCUT2D eigenvalue weighted by molar-refractivity contribution is 6.30. The Kier molecular flexibility index (Phi) is 4.70. The molecule has 2 aromatic carbocycles. The Morgan fingerprint density at radius 3 is 2.55 bits per heavy atom. The summed E-state index contributed by atoms with van der Waals surface area (Å²) in [4.78, 5) is 21.6. The number of phenols is 1. The van der Waals surface area contributed by atoms with Crippen LogP contribution in [0.25, 0.3) is 0 Å². The molecule has 0 aromatic heterocycles. The standard InChI is InChI=1S/C14H10ClN3O4/c15-11-4-2-10(3-5-11)14(20)17-16-8-9-1-6-12(18(21)22)13(19)7-9/h1-8,19H,(H,17,20). The topological polar surface area (TPSA) is 105 Å². The molecule has 0 aliphatic carbocycles. The predicted octanol–water partition coefficient (Wildman–Crippen LogP) is 2.72. The molecule has 0 saturated heterocycles. The van der Waals surface area contributed by atoms with E-state index in [4.69, 9.17) is 11.6 Å². The fraction of sp³-hybridized carbons (Fsp3) is 0. The number of nitrogens with one attached hydrogen (secondary N) is 1. The number of aromatic hydroxyl groups is 1. The zero-order valence-corrected chi connectivity index (χ0v) is 11.8. The molecule has 0 fully saturated rings. The molecule has 0 atom stereocenters. The third-order valence-corrected chi connectivity index (χ3v) is 2.93. The minimum absolute atomic E-state index is 0.382. The zero-order chi connectivity index (χ0) is 16.1. The van der Waals surface area contributed by atoms with Crippen LogP contribution in [-0.4, -0.2) is 22.2 Å². The number of phenolic OH excluding ortho intramolecular Hbond substituents is 1. The number of hydrazone groups is 1. The van der Waals surface area contributed by atoms with E-state index in [0.717, 1.165) is 6.07 Å². The SMILES string of the molecule is O=C(NN=Cc1ccc([N+](=O)[O-])c(O)c1)c1ccc(Cl)cc1. The molecule has 0 heterocycles. The Hall–Kier alpha value is -2.93. The van der Waals surface area contributed by atoms with Crippen LogP contribution in [0.4, 0.5) is 5.69 Å². The third-order valence-electron chi connectivity index (χ3n) is 2.68. The number of hydrogen-bond donors (Lipinski definition) is 2. The van der Waals surface area contributed by atoms with Crippen LogP contribution < -0.4 is 5.43 Å². The van der Waals surface area contributed by atoms with Gasteiger partial charge in [-0.05, 0) is 42.0 Å². The molecule has 0 spiro atoms. The Bertz CT molecular complexity index is 744. The second-order valence-electron chi connectivity index (χ2n) is 4.21. The molecule has 22 heavy (non-hydrogen) atoms.